The van der Waals surface area contributed by atoms with Crippen molar-refractivity contribution < 1.29 is 19.1 Å². The van der Waals surface area contributed by atoms with Crippen LogP contribution >= 0.6 is 11.6 Å². The van der Waals surface area contributed by atoms with E-state index < -0.39 is 11.8 Å². The molecule has 190 valence electrons. The molecule has 0 atom stereocenters. The maximum Gasteiger partial charge on any atom is 0.283 e. The predicted octanol–water partition coefficient (Wildman–Crippen LogP) is 6.12. The van der Waals surface area contributed by atoms with Gasteiger partial charge < -0.3 is 15.4 Å². The van der Waals surface area contributed by atoms with Crippen LogP contribution in [0.4, 0.5) is 17.1 Å². The SMILES string of the molecule is CCCCc1ccc(NC(=O)c2cccc(NC3=C(Cl)C(=O)N(c4ccc(OCC)cc4)C3=O)c2)cc1. The van der Waals surface area contributed by atoms with Gasteiger partial charge in [-0.1, -0.05) is 43.1 Å². The van der Waals surface area contributed by atoms with Crippen LogP contribution < -0.4 is 20.3 Å². The molecule has 0 bridgehead atoms. The van der Waals surface area contributed by atoms with Gasteiger partial charge in [-0.15, -0.1) is 0 Å². The number of nitrogens with one attached hydrogen (secondary N) is 2. The molecule has 0 spiro atoms. The number of benzene rings is 3. The van der Waals surface area contributed by atoms with Crippen molar-refractivity contribution in [2.75, 3.05) is 22.1 Å². The molecule has 8 heteroatoms. The molecule has 0 radical (unpaired) electrons. The van der Waals surface area contributed by atoms with Crippen LogP contribution in [0, 0.1) is 0 Å². The third kappa shape index (κ3) is 6.01. The smallest absolute Gasteiger partial charge is 0.283 e. The number of rotatable bonds is 10. The third-order valence-corrected chi connectivity index (χ3v) is 6.21. The van der Waals surface area contributed by atoms with E-state index in [1.165, 1.54) is 5.56 Å². The minimum absolute atomic E-state index is 0.0548. The van der Waals surface area contributed by atoms with Gasteiger partial charge in [0.15, 0.2) is 0 Å². The van der Waals surface area contributed by atoms with E-state index in [4.69, 9.17) is 16.3 Å². The summed E-state index contributed by atoms with van der Waals surface area (Å²) in [6.45, 7) is 4.53. The van der Waals surface area contributed by atoms with Gasteiger partial charge in [-0.25, -0.2) is 4.90 Å². The van der Waals surface area contributed by atoms with Crippen molar-refractivity contribution in [1.82, 2.24) is 0 Å². The van der Waals surface area contributed by atoms with Crippen LogP contribution in [0.5, 0.6) is 5.75 Å². The number of aryl methyl sites for hydroxylation is 1. The van der Waals surface area contributed by atoms with Gasteiger partial charge in [0.2, 0.25) is 0 Å². The van der Waals surface area contributed by atoms with E-state index in [9.17, 15) is 14.4 Å². The summed E-state index contributed by atoms with van der Waals surface area (Å²) in [6, 6.07) is 21.0. The lowest BCUT2D eigenvalue weighted by atomic mass is 10.1. The van der Waals surface area contributed by atoms with E-state index >= 15 is 0 Å². The Kier molecular flexibility index (Phi) is 8.25. The van der Waals surface area contributed by atoms with Crippen molar-refractivity contribution in [2.45, 2.75) is 33.1 Å². The molecule has 0 aliphatic carbocycles. The highest BCUT2D eigenvalue weighted by Gasteiger charge is 2.39. The van der Waals surface area contributed by atoms with Gasteiger partial charge in [0.25, 0.3) is 17.7 Å². The number of nitrogens with zero attached hydrogens (tertiary/aromatic N) is 1. The van der Waals surface area contributed by atoms with Gasteiger partial charge in [0.05, 0.1) is 12.3 Å². The summed E-state index contributed by atoms with van der Waals surface area (Å²) < 4.78 is 5.42. The summed E-state index contributed by atoms with van der Waals surface area (Å²) >= 11 is 6.25. The third-order valence-electron chi connectivity index (χ3n) is 5.86. The first kappa shape index (κ1) is 26.0. The number of carbonyl (C=O) groups is 3. The first-order chi connectivity index (χ1) is 17.9. The van der Waals surface area contributed by atoms with Crippen LogP contribution in [0.2, 0.25) is 0 Å². The number of halogens is 1. The van der Waals surface area contributed by atoms with Gasteiger partial charge in [-0.2, -0.15) is 0 Å². The molecule has 0 fully saturated rings. The maximum absolute atomic E-state index is 13.1. The number of unbranched alkanes of at least 4 members (excludes halogenated alkanes) is 1. The summed E-state index contributed by atoms with van der Waals surface area (Å²) in [4.78, 5) is 39.7. The van der Waals surface area contributed by atoms with Crippen LogP contribution in [-0.2, 0) is 16.0 Å². The van der Waals surface area contributed by atoms with Gasteiger partial charge in [-0.05, 0) is 79.9 Å². The van der Waals surface area contributed by atoms with Crippen molar-refractivity contribution in [1.29, 1.82) is 0 Å². The van der Waals surface area contributed by atoms with Crippen molar-refractivity contribution in [3.05, 3.63) is 94.7 Å². The van der Waals surface area contributed by atoms with E-state index in [0.29, 0.717) is 35.0 Å². The zero-order chi connectivity index (χ0) is 26.4. The fraction of sp³-hybridized carbons (Fsp3) is 0.207. The molecule has 3 aromatic rings. The number of hydrogen-bond acceptors (Lipinski definition) is 5. The van der Waals surface area contributed by atoms with Crippen LogP contribution in [0.3, 0.4) is 0 Å². The van der Waals surface area contributed by atoms with E-state index in [0.717, 1.165) is 24.2 Å². The first-order valence-electron chi connectivity index (χ1n) is 12.2. The van der Waals surface area contributed by atoms with Gasteiger partial charge in [0.1, 0.15) is 16.5 Å². The highest BCUT2D eigenvalue weighted by Crippen LogP contribution is 2.31. The summed E-state index contributed by atoms with van der Waals surface area (Å²) in [5.41, 5.74) is 3.08. The Morgan fingerprint density at radius 2 is 1.65 bits per heavy atom. The topological polar surface area (TPSA) is 87.7 Å². The zero-order valence-corrected chi connectivity index (χ0v) is 21.5. The molecule has 0 aromatic heterocycles. The molecule has 37 heavy (non-hydrogen) atoms. The van der Waals surface area contributed by atoms with Crippen LogP contribution in [-0.4, -0.2) is 24.3 Å². The summed E-state index contributed by atoms with van der Waals surface area (Å²) in [6.07, 6.45) is 3.26. The highest BCUT2D eigenvalue weighted by atomic mass is 35.5. The molecule has 0 unspecified atom stereocenters. The maximum atomic E-state index is 13.1. The Bertz CT molecular complexity index is 1330. The van der Waals surface area contributed by atoms with Crippen molar-refractivity contribution in [2.24, 2.45) is 0 Å². The van der Waals surface area contributed by atoms with Crippen molar-refractivity contribution >= 4 is 46.4 Å². The molecule has 0 saturated carbocycles. The standard InChI is InChI=1S/C29H28ClN3O4/c1-3-5-7-19-10-12-21(13-11-19)32-27(34)20-8-6-9-22(18-20)31-26-25(30)28(35)33(29(26)36)23-14-16-24(17-15-23)37-4-2/h6,8-18,31H,3-5,7H2,1-2H3,(H,32,34). The lowest BCUT2D eigenvalue weighted by Crippen LogP contribution is -2.32. The summed E-state index contributed by atoms with van der Waals surface area (Å²) in [7, 11) is 0. The predicted molar refractivity (Wildman–Crippen MR) is 146 cm³/mol. The van der Waals surface area contributed by atoms with E-state index in [2.05, 4.69) is 17.6 Å². The fourth-order valence-electron chi connectivity index (χ4n) is 3.93. The summed E-state index contributed by atoms with van der Waals surface area (Å²) in [5, 5.41) is 5.58. The Hall–Kier alpha value is -4.10. The lowest BCUT2D eigenvalue weighted by molar-refractivity contribution is -0.120. The van der Waals surface area contributed by atoms with Gasteiger partial charge in [0, 0.05) is 16.9 Å². The molecule has 2 N–H and O–H groups in total. The average Bonchev–Trinajstić information content (AvgIpc) is 3.12. The van der Waals surface area contributed by atoms with E-state index in [1.54, 1.807) is 48.5 Å². The number of anilines is 3. The Morgan fingerprint density at radius 1 is 0.919 bits per heavy atom. The Labute approximate surface area is 221 Å². The second-order valence-corrected chi connectivity index (χ2v) is 8.90. The average molecular weight is 518 g/mol. The summed E-state index contributed by atoms with van der Waals surface area (Å²) in [5.74, 6) is -0.882. The number of imide groups is 1. The minimum Gasteiger partial charge on any atom is -0.494 e. The molecule has 7 nitrogen and oxygen atoms in total. The first-order valence-corrected chi connectivity index (χ1v) is 12.6. The monoisotopic (exact) mass is 517 g/mol. The number of amides is 3. The van der Waals surface area contributed by atoms with E-state index in [-0.39, 0.29) is 16.6 Å². The normalized spacial score (nSPS) is 13.2. The molecule has 4 rings (SSSR count). The van der Waals surface area contributed by atoms with E-state index in [1.807, 2.05) is 31.2 Å². The number of carbonyl (C=O) groups excluding carboxylic acids is 3. The highest BCUT2D eigenvalue weighted by molar-refractivity contribution is 6.53. The van der Waals surface area contributed by atoms with Crippen molar-refractivity contribution in [3.8, 4) is 5.75 Å². The van der Waals surface area contributed by atoms with Crippen LogP contribution in [0.1, 0.15) is 42.6 Å². The molecule has 0 saturated heterocycles. The number of ether oxygens (including phenoxy) is 1. The number of hydrogen-bond donors (Lipinski definition) is 2. The van der Waals surface area contributed by atoms with Crippen LogP contribution in [0.15, 0.2) is 83.5 Å². The second-order valence-electron chi connectivity index (χ2n) is 8.52. The van der Waals surface area contributed by atoms with Gasteiger partial charge >= 0.3 is 0 Å². The largest absolute Gasteiger partial charge is 0.494 e. The molecule has 3 amide bonds. The zero-order valence-electron chi connectivity index (χ0n) is 20.7. The Morgan fingerprint density at radius 3 is 2.32 bits per heavy atom. The lowest BCUT2D eigenvalue weighted by Gasteiger charge is -2.16. The fourth-order valence-corrected chi connectivity index (χ4v) is 4.14. The molecular weight excluding hydrogens is 490 g/mol. The van der Waals surface area contributed by atoms with Crippen molar-refractivity contribution in [3.63, 3.8) is 0 Å². The van der Waals surface area contributed by atoms with Crippen LogP contribution in [0.25, 0.3) is 0 Å². The minimum atomic E-state index is -0.630. The molecule has 3 aromatic carbocycles. The molecular formula is C29H28ClN3O4. The second kappa shape index (κ2) is 11.8. The molecule has 1 heterocycles. The molecule has 1 aliphatic rings. The quantitative estimate of drug-likeness (QED) is 0.316. The Balaban J connectivity index is 1.45. The molecule has 1 aliphatic heterocycles. The van der Waals surface area contributed by atoms with Gasteiger partial charge in [-0.3, -0.25) is 14.4 Å².